The van der Waals surface area contributed by atoms with Crippen molar-refractivity contribution in [1.29, 1.82) is 0 Å². The maximum atomic E-state index is 5.45. The number of nitrogens with one attached hydrogen (secondary N) is 1. The minimum absolute atomic E-state index is 0.369. The van der Waals surface area contributed by atoms with Gasteiger partial charge in [0.2, 0.25) is 0 Å². The van der Waals surface area contributed by atoms with Gasteiger partial charge in [-0.05, 0) is 43.3 Å². The number of rotatable bonds is 8. The van der Waals surface area contributed by atoms with Crippen molar-refractivity contribution in [3.05, 3.63) is 42.2 Å². The van der Waals surface area contributed by atoms with Crippen LogP contribution in [0.3, 0.4) is 0 Å². The van der Waals surface area contributed by atoms with Crippen molar-refractivity contribution >= 4 is 10.8 Å². The number of benzene rings is 1. The molecule has 0 aliphatic heterocycles. The predicted molar refractivity (Wildman–Crippen MR) is 83.9 cm³/mol. The first-order chi connectivity index (χ1) is 9.86. The predicted octanol–water partition coefficient (Wildman–Crippen LogP) is 3.70. The Morgan fingerprint density at radius 1 is 1.25 bits per heavy atom. The lowest BCUT2D eigenvalue weighted by Crippen LogP contribution is -2.21. The molecule has 3 heteroatoms. The quantitative estimate of drug-likeness (QED) is 0.744. The first-order valence-corrected chi connectivity index (χ1v) is 7.50. The van der Waals surface area contributed by atoms with Gasteiger partial charge in [-0.25, -0.2) is 0 Å². The monoisotopic (exact) mass is 272 g/mol. The lowest BCUT2D eigenvalue weighted by atomic mass is 9.97. The van der Waals surface area contributed by atoms with Crippen LogP contribution >= 0.6 is 0 Å². The molecule has 20 heavy (non-hydrogen) atoms. The third kappa shape index (κ3) is 3.78. The van der Waals surface area contributed by atoms with Crippen LogP contribution in [0.2, 0.25) is 0 Å². The molecule has 0 amide bonds. The highest BCUT2D eigenvalue weighted by atomic mass is 16.5. The van der Waals surface area contributed by atoms with Crippen molar-refractivity contribution in [3.63, 3.8) is 0 Å². The SMILES string of the molecule is CCNC(CCCOCC)c1cccc2ccncc12. The number of nitrogens with zero attached hydrogens (tertiary/aromatic N) is 1. The van der Waals surface area contributed by atoms with E-state index in [2.05, 4.69) is 41.5 Å². The van der Waals surface area contributed by atoms with Gasteiger partial charge in [0.05, 0.1) is 0 Å². The largest absolute Gasteiger partial charge is 0.382 e. The highest BCUT2D eigenvalue weighted by Gasteiger charge is 2.13. The van der Waals surface area contributed by atoms with Crippen LogP contribution < -0.4 is 5.32 Å². The van der Waals surface area contributed by atoms with E-state index in [1.54, 1.807) is 0 Å². The van der Waals surface area contributed by atoms with Gasteiger partial charge in [0.1, 0.15) is 0 Å². The summed E-state index contributed by atoms with van der Waals surface area (Å²) in [4.78, 5) is 4.27. The fourth-order valence-corrected chi connectivity index (χ4v) is 2.59. The molecule has 1 aromatic heterocycles. The summed E-state index contributed by atoms with van der Waals surface area (Å²) in [5, 5.41) is 6.09. The van der Waals surface area contributed by atoms with Gasteiger partial charge in [0.25, 0.3) is 0 Å². The molecule has 0 spiro atoms. The van der Waals surface area contributed by atoms with E-state index in [9.17, 15) is 0 Å². The molecule has 1 aromatic carbocycles. The van der Waals surface area contributed by atoms with Crippen LogP contribution in [0.4, 0.5) is 0 Å². The zero-order chi connectivity index (χ0) is 14.2. The van der Waals surface area contributed by atoms with Crippen LogP contribution in [-0.2, 0) is 4.74 Å². The Bertz CT molecular complexity index is 522. The van der Waals surface area contributed by atoms with Gasteiger partial charge in [0, 0.05) is 37.0 Å². The second-order valence-electron chi connectivity index (χ2n) is 4.89. The number of hydrogen-bond donors (Lipinski definition) is 1. The van der Waals surface area contributed by atoms with Gasteiger partial charge in [-0.1, -0.05) is 25.1 Å². The zero-order valence-electron chi connectivity index (χ0n) is 12.4. The van der Waals surface area contributed by atoms with Crippen LogP contribution in [0.25, 0.3) is 10.8 Å². The molecule has 1 unspecified atom stereocenters. The van der Waals surface area contributed by atoms with Crippen molar-refractivity contribution in [2.45, 2.75) is 32.7 Å². The van der Waals surface area contributed by atoms with Crippen LogP contribution in [0.5, 0.6) is 0 Å². The van der Waals surface area contributed by atoms with Gasteiger partial charge in [-0.3, -0.25) is 4.98 Å². The molecule has 3 nitrogen and oxygen atoms in total. The summed E-state index contributed by atoms with van der Waals surface area (Å²) in [7, 11) is 0. The number of fused-ring (bicyclic) bond motifs is 1. The first-order valence-electron chi connectivity index (χ1n) is 7.50. The second-order valence-corrected chi connectivity index (χ2v) is 4.89. The molecule has 1 N–H and O–H groups in total. The normalized spacial score (nSPS) is 12.7. The van der Waals surface area contributed by atoms with E-state index in [-0.39, 0.29) is 0 Å². The van der Waals surface area contributed by atoms with Crippen molar-refractivity contribution in [3.8, 4) is 0 Å². The lowest BCUT2D eigenvalue weighted by Gasteiger charge is -2.20. The molecular formula is C17H24N2O. The Morgan fingerprint density at radius 2 is 2.15 bits per heavy atom. The summed E-state index contributed by atoms with van der Waals surface area (Å²) < 4.78 is 5.45. The van der Waals surface area contributed by atoms with Gasteiger partial charge in [-0.2, -0.15) is 0 Å². The number of hydrogen-bond acceptors (Lipinski definition) is 3. The minimum Gasteiger partial charge on any atom is -0.382 e. The molecule has 0 fully saturated rings. The molecule has 108 valence electrons. The molecule has 0 radical (unpaired) electrons. The molecule has 1 atom stereocenters. The molecule has 0 saturated heterocycles. The number of pyridine rings is 1. The zero-order valence-corrected chi connectivity index (χ0v) is 12.4. The molecule has 2 aromatic rings. The van der Waals surface area contributed by atoms with E-state index >= 15 is 0 Å². The average Bonchev–Trinajstić information content (AvgIpc) is 2.50. The van der Waals surface area contributed by atoms with Crippen molar-refractivity contribution in [1.82, 2.24) is 10.3 Å². The Morgan fingerprint density at radius 3 is 2.95 bits per heavy atom. The number of ether oxygens (including phenoxy) is 1. The summed E-state index contributed by atoms with van der Waals surface area (Å²) >= 11 is 0. The molecule has 0 bridgehead atoms. The lowest BCUT2D eigenvalue weighted by molar-refractivity contribution is 0.141. The molecule has 1 heterocycles. The van der Waals surface area contributed by atoms with Crippen molar-refractivity contribution in [2.75, 3.05) is 19.8 Å². The summed E-state index contributed by atoms with van der Waals surface area (Å²) in [6.45, 7) is 6.79. The fourth-order valence-electron chi connectivity index (χ4n) is 2.59. The van der Waals surface area contributed by atoms with Gasteiger partial charge >= 0.3 is 0 Å². The summed E-state index contributed by atoms with van der Waals surface area (Å²) in [6, 6.07) is 8.92. The summed E-state index contributed by atoms with van der Waals surface area (Å²) in [6.07, 6.45) is 5.98. The van der Waals surface area contributed by atoms with Gasteiger partial charge in [0.15, 0.2) is 0 Å². The first kappa shape index (κ1) is 14.9. The molecule has 0 saturated carbocycles. The van der Waals surface area contributed by atoms with Crippen LogP contribution in [-0.4, -0.2) is 24.7 Å². The third-order valence-electron chi connectivity index (χ3n) is 3.53. The van der Waals surface area contributed by atoms with E-state index in [1.165, 1.54) is 16.3 Å². The topological polar surface area (TPSA) is 34.1 Å². The molecule has 0 aliphatic rings. The van der Waals surface area contributed by atoms with E-state index in [0.29, 0.717) is 6.04 Å². The third-order valence-corrected chi connectivity index (χ3v) is 3.53. The van der Waals surface area contributed by atoms with Crippen molar-refractivity contribution in [2.24, 2.45) is 0 Å². The fraction of sp³-hybridized carbons (Fsp3) is 0.471. The van der Waals surface area contributed by atoms with Crippen LogP contribution in [0.1, 0.15) is 38.3 Å². The van der Waals surface area contributed by atoms with Gasteiger partial charge < -0.3 is 10.1 Å². The summed E-state index contributed by atoms with van der Waals surface area (Å²) in [5.41, 5.74) is 1.34. The molecule has 0 aliphatic carbocycles. The Labute approximate surface area is 121 Å². The standard InChI is InChI=1S/C17H24N2O/c1-3-19-17(9-6-12-20-4-2)15-8-5-7-14-10-11-18-13-16(14)15/h5,7-8,10-11,13,17,19H,3-4,6,9,12H2,1-2H3. The van der Waals surface area contributed by atoms with E-state index in [1.807, 2.05) is 19.3 Å². The highest BCUT2D eigenvalue weighted by Crippen LogP contribution is 2.26. The van der Waals surface area contributed by atoms with E-state index < -0.39 is 0 Å². The second kappa shape index (κ2) is 7.98. The Hall–Kier alpha value is -1.45. The minimum atomic E-state index is 0.369. The van der Waals surface area contributed by atoms with Crippen LogP contribution in [0, 0.1) is 0 Å². The Balaban J connectivity index is 2.18. The van der Waals surface area contributed by atoms with E-state index in [0.717, 1.165) is 32.6 Å². The van der Waals surface area contributed by atoms with Gasteiger partial charge in [-0.15, -0.1) is 0 Å². The van der Waals surface area contributed by atoms with Crippen molar-refractivity contribution < 1.29 is 4.74 Å². The smallest absolute Gasteiger partial charge is 0.0466 e. The maximum Gasteiger partial charge on any atom is 0.0466 e. The molecule has 2 rings (SSSR count). The number of aromatic nitrogens is 1. The highest BCUT2D eigenvalue weighted by molar-refractivity contribution is 5.85. The molecular weight excluding hydrogens is 248 g/mol. The average molecular weight is 272 g/mol. The Kier molecular flexibility index (Phi) is 5.96. The van der Waals surface area contributed by atoms with E-state index in [4.69, 9.17) is 4.74 Å². The maximum absolute atomic E-state index is 5.45. The van der Waals surface area contributed by atoms with Crippen LogP contribution in [0.15, 0.2) is 36.7 Å². The summed E-state index contributed by atoms with van der Waals surface area (Å²) in [5.74, 6) is 0.